The van der Waals surface area contributed by atoms with Gasteiger partial charge in [-0.05, 0) is 37.7 Å². The molecule has 1 N–H and O–H groups in total. The number of nitrogens with one attached hydrogen (secondary N) is 1. The van der Waals surface area contributed by atoms with Crippen LogP contribution in [0, 0.1) is 17.2 Å². The third kappa shape index (κ3) is 5.17. The quantitative estimate of drug-likeness (QED) is 0.603. The van der Waals surface area contributed by atoms with Gasteiger partial charge >= 0.3 is 11.9 Å². The zero-order valence-electron chi connectivity index (χ0n) is 14.7. The van der Waals surface area contributed by atoms with Gasteiger partial charge in [0.05, 0.1) is 12.2 Å². The number of hydrogen-bond acceptors (Lipinski definition) is 7. The first-order valence-corrected chi connectivity index (χ1v) is 9.12. The van der Waals surface area contributed by atoms with Crippen molar-refractivity contribution in [2.75, 3.05) is 18.5 Å². The van der Waals surface area contributed by atoms with Crippen molar-refractivity contribution in [3.8, 4) is 6.07 Å². The Kier molecular flexibility index (Phi) is 6.92. The molecule has 0 spiro atoms. The molecule has 0 bridgehead atoms. The molecular formula is C18H20N2O5S. The highest BCUT2D eigenvalue weighted by atomic mass is 32.1. The van der Waals surface area contributed by atoms with Crippen molar-refractivity contribution in [1.82, 2.24) is 0 Å². The molecule has 7 nitrogen and oxygen atoms in total. The Morgan fingerprint density at radius 1 is 1.31 bits per heavy atom. The fraction of sp³-hybridized carbons (Fsp3) is 0.444. The van der Waals surface area contributed by atoms with Gasteiger partial charge in [0.2, 0.25) is 0 Å². The molecule has 26 heavy (non-hydrogen) atoms. The highest BCUT2D eigenvalue weighted by Gasteiger charge is 2.24. The molecule has 1 heterocycles. The van der Waals surface area contributed by atoms with Gasteiger partial charge < -0.3 is 14.8 Å². The molecule has 0 aromatic carbocycles. The van der Waals surface area contributed by atoms with Gasteiger partial charge in [-0.15, -0.1) is 11.3 Å². The molecule has 2 rings (SSSR count). The van der Waals surface area contributed by atoms with Crippen LogP contribution in [0.2, 0.25) is 0 Å². The molecule has 8 heteroatoms. The van der Waals surface area contributed by atoms with E-state index in [1.807, 2.05) is 0 Å². The lowest BCUT2D eigenvalue weighted by Gasteiger charge is -2.17. The van der Waals surface area contributed by atoms with Gasteiger partial charge in [-0.25, -0.2) is 9.59 Å². The first kappa shape index (κ1) is 19.7. The van der Waals surface area contributed by atoms with E-state index in [0.29, 0.717) is 16.5 Å². The SMILES string of the molecule is CCOC(=O)/C=C/C(=O)OCC(=O)Nc1sc2c(c1C#N)CC[C@H](C)C2. The summed E-state index contributed by atoms with van der Waals surface area (Å²) < 4.78 is 9.40. The highest BCUT2D eigenvalue weighted by Crippen LogP contribution is 2.39. The van der Waals surface area contributed by atoms with Crippen LogP contribution >= 0.6 is 11.3 Å². The third-order valence-corrected chi connectivity index (χ3v) is 5.03. The molecule has 0 saturated heterocycles. The van der Waals surface area contributed by atoms with Crippen molar-refractivity contribution in [2.45, 2.75) is 33.1 Å². The minimum atomic E-state index is -0.826. The number of hydrogen-bond donors (Lipinski definition) is 1. The second-order valence-electron chi connectivity index (χ2n) is 5.91. The zero-order chi connectivity index (χ0) is 19.1. The number of esters is 2. The molecule has 0 aliphatic heterocycles. The number of nitriles is 1. The van der Waals surface area contributed by atoms with Gasteiger partial charge in [0.25, 0.3) is 5.91 Å². The van der Waals surface area contributed by atoms with Crippen molar-refractivity contribution in [2.24, 2.45) is 5.92 Å². The summed E-state index contributed by atoms with van der Waals surface area (Å²) in [6.45, 7) is 3.50. The second-order valence-corrected chi connectivity index (χ2v) is 7.01. The lowest BCUT2D eigenvalue weighted by Crippen LogP contribution is -2.20. The molecule has 0 radical (unpaired) electrons. The van der Waals surface area contributed by atoms with Crippen LogP contribution in [0.15, 0.2) is 12.2 Å². The Morgan fingerprint density at radius 3 is 2.65 bits per heavy atom. The van der Waals surface area contributed by atoms with Crippen LogP contribution in [0.1, 0.15) is 36.3 Å². The topological polar surface area (TPSA) is 105 Å². The fourth-order valence-electron chi connectivity index (χ4n) is 2.63. The van der Waals surface area contributed by atoms with Gasteiger partial charge in [-0.2, -0.15) is 5.26 Å². The maximum atomic E-state index is 12.0. The number of anilines is 1. The van der Waals surface area contributed by atoms with E-state index in [9.17, 15) is 19.6 Å². The lowest BCUT2D eigenvalue weighted by molar-refractivity contribution is -0.143. The molecule has 1 aromatic rings. The van der Waals surface area contributed by atoms with E-state index < -0.39 is 24.5 Å². The molecule has 138 valence electrons. The van der Waals surface area contributed by atoms with E-state index in [-0.39, 0.29) is 6.61 Å². The minimum absolute atomic E-state index is 0.200. The summed E-state index contributed by atoms with van der Waals surface area (Å²) in [7, 11) is 0. The number of carbonyl (C=O) groups excluding carboxylic acids is 3. The van der Waals surface area contributed by atoms with Crippen LogP contribution in [0.5, 0.6) is 0 Å². The Hall–Kier alpha value is -2.66. The number of rotatable bonds is 6. The lowest BCUT2D eigenvalue weighted by atomic mass is 9.89. The van der Waals surface area contributed by atoms with E-state index in [1.165, 1.54) is 11.3 Å². The molecule has 1 amide bonds. The summed E-state index contributed by atoms with van der Waals surface area (Å²) in [5.41, 5.74) is 1.51. The van der Waals surface area contributed by atoms with Crippen molar-refractivity contribution in [3.63, 3.8) is 0 Å². The largest absolute Gasteiger partial charge is 0.463 e. The van der Waals surface area contributed by atoms with Gasteiger partial charge in [0.1, 0.15) is 11.1 Å². The molecule has 0 fully saturated rings. The number of amides is 1. The first-order valence-electron chi connectivity index (χ1n) is 8.30. The molecule has 0 saturated carbocycles. The van der Waals surface area contributed by atoms with Crippen LogP contribution in [-0.2, 0) is 36.7 Å². The van der Waals surface area contributed by atoms with Gasteiger partial charge in [-0.1, -0.05) is 6.92 Å². The molecule has 1 atom stereocenters. The zero-order valence-corrected chi connectivity index (χ0v) is 15.5. The average molecular weight is 376 g/mol. The van der Waals surface area contributed by atoms with Gasteiger partial charge in [-0.3, -0.25) is 4.79 Å². The van der Waals surface area contributed by atoms with Crippen molar-refractivity contribution in [3.05, 3.63) is 28.2 Å². The average Bonchev–Trinajstić information content (AvgIpc) is 2.94. The Labute approximate surface area is 155 Å². The minimum Gasteiger partial charge on any atom is -0.463 e. The number of carbonyl (C=O) groups is 3. The molecule has 1 aliphatic rings. The van der Waals surface area contributed by atoms with Crippen molar-refractivity contribution >= 4 is 34.2 Å². The van der Waals surface area contributed by atoms with Crippen molar-refractivity contribution < 1.29 is 23.9 Å². The summed E-state index contributed by atoms with van der Waals surface area (Å²) in [4.78, 5) is 35.7. The number of fused-ring (bicyclic) bond motifs is 1. The molecule has 1 aromatic heterocycles. The van der Waals surface area contributed by atoms with E-state index in [0.717, 1.165) is 41.9 Å². The van der Waals surface area contributed by atoms with Crippen LogP contribution < -0.4 is 5.32 Å². The Balaban J connectivity index is 1.91. The van der Waals surface area contributed by atoms with Crippen LogP contribution in [0.25, 0.3) is 0 Å². The van der Waals surface area contributed by atoms with E-state index in [1.54, 1.807) is 6.92 Å². The molecule has 1 aliphatic carbocycles. The molecular weight excluding hydrogens is 356 g/mol. The van der Waals surface area contributed by atoms with Gasteiger partial charge in [0, 0.05) is 17.0 Å². The normalized spacial score (nSPS) is 15.8. The van der Waals surface area contributed by atoms with E-state index >= 15 is 0 Å². The summed E-state index contributed by atoms with van der Waals surface area (Å²) in [6, 6.07) is 2.16. The smallest absolute Gasteiger partial charge is 0.331 e. The van der Waals surface area contributed by atoms with Crippen LogP contribution in [-0.4, -0.2) is 31.1 Å². The fourth-order valence-corrected chi connectivity index (χ4v) is 4.01. The Morgan fingerprint density at radius 2 is 2.00 bits per heavy atom. The van der Waals surface area contributed by atoms with E-state index in [2.05, 4.69) is 23.0 Å². The first-order chi connectivity index (χ1) is 12.4. The molecule has 0 unspecified atom stereocenters. The maximum absolute atomic E-state index is 12.0. The van der Waals surface area contributed by atoms with Crippen LogP contribution in [0.4, 0.5) is 5.00 Å². The second kappa shape index (κ2) is 9.15. The third-order valence-electron chi connectivity index (χ3n) is 3.86. The standard InChI is InChI=1S/C18H20N2O5S/c1-3-24-16(22)6-7-17(23)25-10-15(21)20-18-13(9-19)12-5-4-11(2)8-14(12)26-18/h6-7,11H,3-5,8,10H2,1-2H3,(H,20,21)/b7-6+/t11-/m0/s1. The maximum Gasteiger partial charge on any atom is 0.331 e. The van der Waals surface area contributed by atoms with Crippen LogP contribution in [0.3, 0.4) is 0 Å². The number of ether oxygens (including phenoxy) is 2. The van der Waals surface area contributed by atoms with Gasteiger partial charge in [0.15, 0.2) is 6.61 Å². The predicted octanol–water partition coefficient (Wildman–Crippen LogP) is 2.35. The summed E-state index contributed by atoms with van der Waals surface area (Å²) in [5.74, 6) is -1.46. The highest BCUT2D eigenvalue weighted by molar-refractivity contribution is 7.16. The predicted molar refractivity (Wildman–Crippen MR) is 95.6 cm³/mol. The summed E-state index contributed by atoms with van der Waals surface area (Å²) >= 11 is 1.40. The summed E-state index contributed by atoms with van der Waals surface area (Å²) in [6.07, 6.45) is 4.59. The summed E-state index contributed by atoms with van der Waals surface area (Å²) in [5, 5.41) is 12.5. The number of thiophene rings is 1. The Bertz CT molecular complexity index is 775. The monoisotopic (exact) mass is 376 g/mol. The van der Waals surface area contributed by atoms with Crippen molar-refractivity contribution in [1.29, 1.82) is 5.26 Å². The van der Waals surface area contributed by atoms with E-state index in [4.69, 9.17) is 4.74 Å². The number of nitrogens with zero attached hydrogens (tertiary/aromatic N) is 1.